The molecule has 0 spiro atoms. The van der Waals surface area contributed by atoms with Crippen molar-refractivity contribution in [3.05, 3.63) is 19.8 Å². The van der Waals surface area contributed by atoms with Crippen molar-refractivity contribution in [2.45, 2.75) is 38.5 Å². The first kappa shape index (κ1) is 11.1. The van der Waals surface area contributed by atoms with E-state index in [9.17, 15) is 9.90 Å². The van der Waals surface area contributed by atoms with E-state index in [2.05, 4.69) is 22.9 Å². The van der Waals surface area contributed by atoms with Crippen molar-refractivity contribution >= 4 is 33.2 Å². The summed E-state index contributed by atoms with van der Waals surface area (Å²) in [5.41, 5.74) is 1.62. The maximum Gasteiger partial charge on any atom is 0.338 e. The number of thiophene rings is 1. The Balaban J connectivity index is 2.56. The molecule has 0 bridgehead atoms. The largest absolute Gasteiger partial charge is 0.478 e. The molecular weight excluding hydrogens is 276 g/mol. The SMILES string of the molecule is CCC1CCCc2sc(Br)c(C(=O)O)c21. The number of carbonyl (C=O) groups is 1. The normalized spacial score (nSPS) is 20.0. The topological polar surface area (TPSA) is 37.3 Å². The minimum absolute atomic E-state index is 0.447. The van der Waals surface area contributed by atoms with E-state index in [4.69, 9.17) is 0 Å². The van der Waals surface area contributed by atoms with Gasteiger partial charge in [-0.15, -0.1) is 11.3 Å². The molecule has 0 saturated carbocycles. The third-order valence-corrected chi connectivity index (χ3v) is 4.99. The van der Waals surface area contributed by atoms with Crippen LogP contribution in [0.25, 0.3) is 0 Å². The van der Waals surface area contributed by atoms with Gasteiger partial charge in [-0.25, -0.2) is 4.79 Å². The number of aromatic carboxylic acids is 1. The highest BCUT2D eigenvalue weighted by molar-refractivity contribution is 9.11. The molecule has 1 unspecified atom stereocenters. The summed E-state index contributed by atoms with van der Waals surface area (Å²) in [7, 11) is 0. The summed E-state index contributed by atoms with van der Waals surface area (Å²) in [5.74, 6) is -0.345. The van der Waals surface area contributed by atoms with Crippen molar-refractivity contribution in [3.63, 3.8) is 0 Å². The fourth-order valence-electron chi connectivity index (χ4n) is 2.34. The van der Waals surface area contributed by atoms with E-state index < -0.39 is 5.97 Å². The van der Waals surface area contributed by atoms with Gasteiger partial charge >= 0.3 is 5.97 Å². The average Bonchev–Trinajstić information content (AvgIpc) is 2.53. The summed E-state index contributed by atoms with van der Waals surface area (Å²) in [4.78, 5) is 12.5. The molecule has 2 rings (SSSR count). The molecule has 82 valence electrons. The monoisotopic (exact) mass is 288 g/mol. The number of fused-ring (bicyclic) bond motifs is 1. The molecule has 2 nitrogen and oxygen atoms in total. The second-order valence-electron chi connectivity index (χ2n) is 3.89. The van der Waals surface area contributed by atoms with Crippen molar-refractivity contribution < 1.29 is 9.90 Å². The Morgan fingerprint density at radius 3 is 3.00 bits per heavy atom. The van der Waals surface area contributed by atoms with Crippen molar-refractivity contribution in [2.24, 2.45) is 0 Å². The molecule has 1 N–H and O–H groups in total. The van der Waals surface area contributed by atoms with Crippen LogP contribution in [0, 0.1) is 0 Å². The molecule has 1 aliphatic rings. The Morgan fingerprint density at radius 2 is 2.40 bits per heavy atom. The summed E-state index contributed by atoms with van der Waals surface area (Å²) in [5, 5.41) is 9.20. The molecule has 1 atom stereocenters. The van der Waals surface area contributed by atoms with Gasteiger partial charge in [0.25, 0.3) is 0 Å². The van der Waals surface area contributed by atoms with Crippen LogP contribution in [-0.2, 0) is 6.42 Å². The highest BCUT2D eigenvalue weighted by Gasteiger charge is 2.29. The Morgan fingerprint density at radius 1 is 1.67 bits per heavy atom. The second-order valence-corrected chi connectivity index (χ2v) is 6.31. The lowest BCUT2D eigenvalue weighted by Crippen LogP contribution is -2.11. The zero-order valence-electron chi connectivity index (χ0n) is 8.55. The Kier molecular flexibility index (Phi) is 3.16. The first-order valence-corrected chi connectivity index (χ1v) is 6.80. The van der Waals surface area contributed by atoms with E-state index in [0.29, 0.717) is 11.5 Å². The minimum Gasteiger partial charge on any atom is -0.478 e. The molecule has 0 radical (unpaired) electrons. The van der Waals surface area contributed by atoms with Gasteiger partial charge in [0, 0.05) is 4.88 Å². The summed E-state index contributed by atoms with van der Waals surface area (Å²) in [6.07, 6.45) is 4.41. The lowest BCUT2D eigenvalue weighted by Gasteiger charge is -2.21. The summed E-state index contributed by atoms with van der Waals surface area (Å²) >= 11 is 4.97. The smallest absolute Gasteiger partial charge is 0.338 e. The zero-order valence-corrected chi connectivity index (χ0v) is 10.9. The third-order valence-electron chi connectivity index (χ3n) is 3.05. The summed E-state index contributed by atoms with van der Waals surface area (Å²) < 4.78 is 0.792. The highest BCUT2D eigenvalue weighted by atomic mass is 79.9. The molecule has 0 aliphatic heterocycles. The van der Waals surface area contributed by atoms with Gasteiger partial charge in [-0.3, -0.25) is 0 Å². The van der Waals surface area contributed by atoms with Crippen LogP contribution in [0.4, 0.5) is 0 Å². The van der Waals surface area contributed by atoms with Crippen LogP contribution in [0.3, 0.4) is 0 Å². The molecule has 1 aromatic heterocycles. The molecule has 0 fully saturated rings. The molecule has 1 aliphatic carbocycles. The Labute approximate surface area is 101 Å². The molecular formula is C11H13BrO2S. The zero-order chi connectivity index (χ0) is 11.0. The molecule has 1 aromatic rings. The lowest BCUT2D eigenvalue weighted by atomic mass is 9.84. The highest BCUT2D eigenvalue weighted by Crippen LogP contribution is 2.44. The average molecular weight is 289 g/mol. The number of carboxylic acids is 1. The van der Waals surface area contributed by atoms with Gasteiger partial charge < -0.3 is 5.11 Å². The summed E-state index contributed by atoms with van der Waals surface area (Å²) in [6, 6.07) is 0. The number of aryl methyl sites for hydroxylation is 1. The van der Waals surface area contributed by atoms with Crippen LogP contribution in [-0.4, -0.2) is 11.1 Å². The van der Waals surface area contributed by atoms with Crippen LogP contribution < -0.4 is 0 Å². The van der Waals surface area contributed by atoms with Gasteiger partial charge in [0.15, 0.2) is 0 Å². The third kappa shape index (κ3) is 1.85. The number of carboxylic acid groups (broad SMARTS) is 1. The van der Waals surface area contributed by atoms with E-state index in [0.717, 1.165) is 28.6 Å². The molecule has 0 saturated heterocycles. The van der Waals surface area contributed by atoms with Crippen molar-refractivity contribution in [3.8, 4) is 0 Å². The van der Waals surface area contributed by atoms with Gasteiger partial charge in [-0.1, -0.05) is 6.92 Å². The van der Waals surface area contributed by atoms with E-state index in [1.807, 2.05) is 0 Å². The molecule has 15 heavy (non-hydrogen) atoms. The van der Waals surface area contributed by atoms with Crippen LogP contribution in [0.15, 0.2) is 3.79 Å². The van der Waals surface area contributed by atoms with E-state index in [1.54, 1.807) is 11.3 Å². The Hall–Kier alpha value is -0.350. The van der Waals surface area contributed by atoms with Crippen LogP contribution >= 0.6 is 27.3 Å². The van der Waals surface area contributed by atoms with Crippen molar-refractivity contribution in [2.75, 3.05) is 0 Å². The Bertz CT molecular complexity index is 398. The molecule has 4 heteroatoms. The molecule has 1 heterocycles. The van der Waals surface area contributed by atoms with Gasteiger partial charge in [0.05, 0.1) is 9.35 Å². The lowest BCUT2D eigenvalue weighted by molar-refractivity contribution is 0.0694. The first-order valence-electron chi connectivity index (χ1n) is 5.19. The van der Waals surface area contributed by atoms with Gasteiger partial charge in [0.2, 0.25) is 0 Å². The standard InChI is InChI=1S/C11H13BrO2S/c1-2-6-4-3-5-7-8(6)9(11(13)14)10(12)15-7/h6H,2-5H2,1H3,(H,13,14). The fraction of sp³-hybridized carbons (Fsp3) is 0.545. The van der Waals surface area contributed by atoms with Crippen LogP contribution in [0.1, 0.15) is 52.9 Å². The van der Waals surface area contributed by atoms with E-state index in [1.165, 1.54) is 11.3 Å². The second kappa shape index (κ2) is 4.26. The fourth-order valence-corrected chi connectivity index (χ4v) is 4.45. The summed E-state index contributed by atoms with van der Waals surface area (Å²) in [6.45, 7) is 2.14. The minimum atomic E-state index is -0.792. The quantitative estimate of drug-likeness (QED) is 0.892. The van der Waals surface area contributed by atoms with Crippen molar-refractivity contribution in [1.29, 1.82) is 0 Å². The maximum atomic E-state index is 11.2. The number of hydrogen-bond acceptors (Lipinski definition) is 2. The van der Waals surface area contributed by atoms with Crippen LogP contribution in [0.2, 0.25) is 0 Å². The number of hydrogen-bond donors (Lipinski definition) is 1. The van der Waals surface area contributed by atoms with Gasteiger partial charge in [-0.05, 0) is 53.1 Å². The number of rotatable bonds is 2. The molecule has 0 amide bonds. The van der Waals surface area contributed by atoms with Crippen molar-refractivity contribution in [1.82, 2.24) is 0 Å². The van der Waals surface area contributed by atoms with Gasteiger partial charge in [0.1, 0.15) is 0 Å². The van der Waals surface area contributed by atoms with Crippen LogP contribution in [0.5, 0.6) is 0 Å². The molecule has 0 aromatic carbocycles. The van der Waals surface area contributed by atoms with Gasteiger partial charge in [-0.2, -0.15) is 0 Å². The van der Waals surface area contributed by atoms with E-state index in [-0.39, 0.29) is 0 Å². The predicted octanol–water partition coefficient (Wildman–Crippen LogP) is 4.04. The predicted molar refractivity (Wildman–Crippen MR) is 64.9 cm³/mol. The first-order chi connectivity index (χ1) is 7.15. The number of halogens is 1. The van der Waals surface area contributed by atoms with E-state index >= 15 is 0 Å². The maximum absolute atomic E-state index is 11.2.